The monoisotopic (exact) mass is 224 g/mol. The number of halogens is 3. The van der Waals surface area contributed by atoms with Gasteiger partial charge in [-0.2, -0.15) is 8.78 Å². The van der Waals surface area contributed by atoms with Crippen LogP contribution in [0.25, 0.3) is 0 Å². The number of thiophene rings is 1. The largest absolute Gasteiger partial charge is 0.302 e. The molecule has 0 aliphatic carbocycles. The maximum Gasteiger partial charge on any atom is 0.302 e. The van der Waals surface area contributed by atoms with Crippen molar-refractivity contribution in [1.29, 1.82) is 0 Å². The van der Waals surface area contributed by atoms with E-state index in [2.05, 4.69) is 0 Å². The zero-order valence-corrected chi connectivity index (χ0v) is 8.38. The van der Waals surface area contributed by atoms with E-state index < -0.39 is 11.7 Å². The maximum atomic E-state index is 12.5. The van der Waals surface area contributed by atoms with Crippen LogP contribution in [-0.2, 0) is 11.2 Å². The van der Waals surface area contributed by atoms with E-state index in [0.717, 1.165) is 0 Å². The Hall–Kier alpha value is -0.480. The molecule has 1 aromatic rings. The number of hydrogen-bond donors (Lipinski definition) is 0. The molecule has 0 aliphatic heterocycles. The average molecular weight is 225 g/mol. The molecule has 0 saturated carbocycles. The van der Waals surface area contributed by atoms with Crippen LogP contribution in [0.5, 0.6) is 0 Å². The van der Waals surface area contributed by atoms with Crippen LogP contribution < -0.4 is 0 Å². The summed E-state index contributed by atoms with van der Waals surface area (Å²) in [6.07, 6.45) is -0.292. The van der Waals surface area contributed by atoms with Crippen LogP contribution in [0.3, 0.4) is 0 Å². The van der Waals surface area contributed by atoms with Gasteiger partial charge in [0.05, 0.1) is 5.02 Å². The van der Waals surface area contributed by atoms with Gasteiger partial charge in [-0.15, -0.1) is 11.3 Å². The molecule has 13 heavy (non-hydrogen) atoms. The fourth-order valence-corrected chi connectivity index (χ4v) is 1.85. The van der Waals surface area contributed by atoms with Crippen molar-refractivity contribution in [2.75, 3.05) is 0 Å². The van der Waals surface area contributed by atoms with Crippen LogP contribution in [0.2, 0.25) is 5.02 Å². The highest BCUT2D eigenvalue weighted by molar-refractivity contribution is 7.10. The Balaban J connectivity index is 2.71. The number of carbonyl (C=O) groups excluding carboxylic acids is 1. The lowest BCUT2D eigenvalue weighted by Gasteiger charge is -2.07. The number of ketones is 1. The minimum atomic E-state index is -3.27. The fraction of sp³-hybridized carbons (Fsp3) is 0.375. The van der Waals surface area contributed by atoms with E-state index in [4.69, 9.17) is 11.6 Å². The first-order valence-corrected chi connectivity index (χ1v) is 4.80. The lowest BCUT2D eigenvalue weighted by molar-refractivity contribution is -0.139. The predicted octanol–water partition coefficient (Wildman–Crippen LogP) is 3.17. The molecule has 1 heterocycles. The van der Waals surface area contributed by atoms with Gasteiger partial charge in [0, 0.05) is 18.2 Å². The molecule has 0 aromatic carbocycles. The van der Waals surface area contributed by atoms with Crippen LogP contribution in [0.4, 0.5) is 8.78 Å². The molecule has 0 fully saturated rings. The van der Waals surface area contributed by atoms with E-state index >= 15 is 0 Å². The number of Topliss-reactive ketones (excluding diaryl/α,β-unsaturated/α-hetero) is 1. The summed E-state index contributed by atoms with van der Waals surface area (Å²) in [5.41, 5.74) is 0. The molecule has 0 atom stereocenters. The van der Waals surface area contributed by atoms with Crippen LogP contribution in [0, 0.1) is 0 Å². The lowest BCUT2D eigenvalue weighted by atomic mass is 10.1. The van der Waals surface area contributed by atoms with E-state index in [1.54, 1.807) is 11.4 Å². The topological polar surface area (TPSA) is 17.1 Å². The van der Waals surface area contributed by atoms with Crippen molar-refractivity contribution in [3.63, 3.8) is 0 Å². The van der Waals surface area contributed by atoms with Crippen molar-refractivity contribution >= 4 is 28.7 Å². The zero-order chi connectivity index (χ0) is 10.1. The highest BCUT2D eigenvalue weighted by Crippen LogP contribution is 2.25. The van der Waals surface area contributed by atoms with Crippen molar-refractivity contribution in [3.05, 3.63) is 21.3 Å². The molecule has 0 unspecified atom stereocenters. The molecule has 0 saturated heterocycles. The summed E-state index contributed by atoms with van der Waals surface area (Å²) in [4.78, 5) is 11.4. The van der Waals surface area contributed by atoms with Gasteiger partial charge in [-0.05, 0) is 11.4 Å². The number of rotatable bonds is 3. The van der Waals surface area contributed by atoms with Gasteiger partial charge >= 0.3 is 5.92 Å². The SMILES string of the molecule is CC(F)(F)C(=O)Cc1sccc1Cl. The number of alkyl halides is 2. The quantitative estimate of drug-likeness (QED) is 0.771. The lowest BCUT2D eigenvalue weighted by Crippen LogP contribution is -2.25. The average Bonchev–Trinajstić information content (AvgIpc) is 2.34. The zero-order valence-electron chi connectivity index (χ0n) is 6.81. The van der Waals surface area contributed by atoms with Gasteiger partial charge in [-0.3, -0.25) is 4.79 Å². The first kappa shape index (κ1) is 10.6. The Labute approximate surface area is 83.3 Å². The number of hydrogen-bond acceptors (Lipinski definition) is 2. The normalized spacial score (nSPS) is 11.7. The number of carbonyl (C=O) groups is 1. The molecule has 0 amide bonds. The minimum Gasteiger partial charge on any atom is -0.293 e. The Morgan fingerprint density at radius 1 is 1.69 bits per heavy atom. The van der Waals surface area contributed by atoms with Crippen molar-refractivity contribution in [1.82, 2.24) is 0 Å². The third kappa shape index (κ3) is 2.74. The summed E-state index contributed by atoms with van der Waals surface area (Å²) >= 11 is 6.86. The molecule has 0 radical (unpaired) electrons. The van der Waals surface area contributed by atoms with Gasteiger partial charge < -0.3 is 0 Å². The summed E-state index contributed by atoms with van der Waals surface area (Å²) < 4.78 is 24.9. The Morgan fingerprint density at radius 3 is 2.69 bits per heavy atom. The fourth-order valence-electron chi connectivity index (χ4n) is 0.752. The van der Waals surface area contributed by atoms with E-state index in [1.807, 2.05) is 0 Å². The van der Waals surface area contributed by atoms with E-state index in [9.17, 15) is 13.6 Å². The van der Waals surface area contributed by atoms with E-state index in [1.165, 1.54) is 11.3 Å². The van der Waals surface area contributed by atoms with Crippen molar-refractivity contribution in [2.24, 2.45) is 0 Å². The molecule has 1 nitrogen and oxygen atoms in total. The third-order valence-electron chi connectivity index (χ3n) is 1.50. The first-order valence-electron chi connectivity index (χ1n) is 3.54. The van der Waals surface area contributed by atoms with Crippen molar-refractivity contribution < 1.29 is 13.6 Å². The van der Waals surface area contributed by atoms with E-state index in [-0.39, 0.29) is 6.42 Å². The molecule has 0 aliphatic rings. The second-order valence-electron chi connectivity index (χ2n) is 2.68. The summed E-state index contributed by atoms with van der Waals surface area (Å²) in [5.74, 6) is -4.37. The van der Waals surface area contributed by atoms with Gasteiger partial charge in [0.2, 0.25) is 5.78 Å². The highest BCUT2D eigenvalue weighted by Gasteiger charge is 2.32. The predicted molar refractivity (Wildman–Crippen MR) is 48.7 cm³/mol. The Bertz CT molecular complexity index is 316. The Kier molecular flexibility index (Phi) is 3.03. The van der Waals surface area contributed by atoms with Crippen molar-refractivity contribution in [2.45, 2.75) is 19.3 Å². The first-order chi connectivity index (χ1) is 5.91. The summed E-state index contributed by atoms with van der Waals surface area (Å²) in [7, 11) is 0. The third-order valence-corrected chi connectivity index (χ3v) is 2.89. The summed E-state index contributed by atoms with van der Waals surface area (Å²) in [6.45, 7) is 0.594. The molecule has 1 aromatic heterocycles. The van der Waals surface area contributed by atoms with Crippen LogP contribution in [0.1, 0.15) is 11.8 Å². The molecule has 1 rings (SSSR count). The van der Waals surface area contributed by atoms with E-state index in [0.29, 0.717) is 16.8 Å². The molecule has 72 valence electrons. The second kappa shape index (κ2) is 3.72. The summed E-state index contributed by atoms with van der Waals surface area (Å²) in [6, 6.07) is 1.59. The maximum absolute atomic E-state index is 12.5. The summed E-state index contributed by atoms with van der Waals surface area (Å²) in [5, 5.41) is 2.04. The van der Waals surface area contributed by atoms with Crippen LogP contribution in [0.15, 0.2) is 11.4 Å². The Morgan fingerprint density at radius 2 is 2.31 bits per heavy atom. The van der Waals surface area contributed by atoms with Gasteiger partial charge in [-0.25, -0.2) is 0 Å². The molecule has 0 bridgehead atoms. The molecular weight excluding hydrogens is 218 g/mol. The van der Waals surface area contributed by atoms with Gasteiger partial charge in [-0.1, -0.05) is 11.6 Å². The van der Waals surface area contributed by atoms with Gasteiger partial charge in [0.1, 0.15) is 0 Å². The molecule has 0 N–H and O–H groups in total. The highest BCUT2D eigenvalue weighted by atomic mass is 35.5. The van der Waals surface area contributed by atoms with Gasteiger partial charge in [0.25, 0.3) is 0 Å². The van der Waals surface area contributed by atoms with Crippen molar-refractivity contribution in [3.8, 4) is 0 Å². The minimum absolute atomic E-state index is 0.292. The molecule has 0 spiro atoms. The van der Waals surface area contributed by atoms with Crippen LogP contribution in [-0.4, -0.2) is 11.7 Å². The standard InChI is InChI=1S/C8H7ClF2OS/c1-8(10,11)7(12)4-6-5(9)2-3-13-6/h2-3H,4H2,1H3. The second-order valence-corrected chi connectivity index (χ2v) is 4.09. The van der Waals surface area contributed by atoms with Gasteiger partial charge in [0.15, 0.2) is 0 Å². The smallest absolute Gasteiger partial charge is 0.293 e. The molecule has 5 heteroatoms. The van der Waals surface area contributed by atoms with Crippen LogP contribution >= 0.6 is 22.9 Å². The molecular formula is C8H7ClF2OS.